The lowest BCUT2D eigenvalue weighted by Crippen LogP contribution is -2.27. The fourth-order valence-electron chi connectivity index (χ4n) is 3.16. The number of aromatic nitrogens is 4. The van der Waals surface area contributed by atoms with E-state index in [1.807, 2.05) is 24.3 Å². The van der Waals surface area contributed by atoms with Crippen LogP contribution < -0.4 is 4.90 Å². The van der Waals surface area contributed by atoms with Crippen LogP contribution >= 0.6 is 11.6 Å². The first-order valence-corrected chi connectivity index (χ1v) is 8.73. The molecular weight excluding hydrogens is 350 g/mol. The summed E-state index contributed by atoms with van der Waals surface area (Å²) in [5.74, 6) is 0.0853. The molecule has 0 spiro atoms. The van der Waals surface area contributed by atoms with E-state index in [0.29, 0.717) is 18.1 Å². The molecule has 0 bridgehead atoms. The van der Waals surface area contributed by atoms with Crippen LogP contribution in [0.5, 0.6) is 0 Å². The number of carbonyl (C=O) groups excluding carboxylic acids is 1. The molecule has 1 aliphatic heterocycles. The summed E-state index contributed by atoms with van der Waals surface area (Å²) >= 11 is 5.82. The van der Waals surface area contributed by atoms with Gasteiger partial charge >= 0.3 is 0 Å². The minimum atomic E-state index is -0.0398. The second-order valence-electron chi connectivity index (χ2n) is 6.20. The van der Waals surface area contributed by atoms with E-state index in [0.717, 1.165) is 28.9 Å². The van der Waals surface area contributed by atoms with Crippen molar-refractivity contribution in [3.05, 3.63) is 65.8 Å². The molecule has 26 heavy (non-hydrogen) atoms. The van der Waals surface area contributed by atoms with E-state index >= 15 is 0 Å². The first-order chi connectivity index (χ1) is 12.7. The topological polar surface area (TPSA) is 71.9 Å². The van der Waals surface area contributed by atoms with Gasteiger partial charge in [-0.05, 0) is 42.7 Å². The summed E-state index contributed by atoms with van der Waals surface area (Å²) in [5, 5.41) is 8.09. The van der Waals surface area contributed by atoms with Crippen LogP contribution in [0.2, 0.25) is 5.15 Å². The Morgan fingerprint density at radius 3 is 2.65 bits per heavy atom. The van der Waals surface area contributed by atoms with Crippen molar-refractivity contribution in [1.29, 1.82) is 0 Å². The summed E-state index contributed by atoms with van der Waals surface area (Å²) < 4.78 is 0. The zero-order valence-corrected chi connectivity index (χ0v) is 14.7. The number of nitrogens with zero attached hydrogens (tertiary/aromatic N) is 5. The highest BCUT2D eigenvalue weighted by Crippen LogP contribution is 2.28. The monoisotopic (exact) mass is 365 g/mol. The number of carbonyl (C=O) groups is 1. The molecule has 4 rings (SSSR count). The highest BCUT2D eigenvalue weighted by molar-refractivity contribution is 6.29. The van der Waals surface area contributed by atoms with Gasteiger partial charge in [0.1, 0.15) is 5.15 Å². The quantitative estimate of drug-likeness (QED) is 0.664. The Bertz CT molecular complexity index is 899. The molecule has 0 aliphatic carbocycles. The molecule has 0 N–H and O–H groups in total. The molecule has 1 fully saturated rings. The molecule has 1 amide bonds. The van der Waals surface area contributed by atoms with Gasteiger partial charge in [-0.25, -0.2) is 4.98 Å². The third-order valence-electron chi connectivity index (χ3n) is 4.53. The summed E-state index contributed by atoms with van der Waals surface area (Å²) in [6.45, 7) is 0.697. The highest BCUT2D eigenvalue weighted by Gasteiger charge is 2.32. The molecule has 6 nitrogen and oxygen atoms in total. The summed E-state index contributed by atoms with van der Waals surface area (Å²) in [6.07, 6.45) is 8.26. The standard InChI is InChI=1S/C19H16ClN5O/c20-18-4-1-13(10-22-18)9-14-6-8-25(19(14)26)16-2-3-17(21-12-16)15-5-7-23-24-11-15/h1-5,7,10-12,14H,6,8-9H2. The van der Waals surface area contributed by atoms with Crippen LogP contribution in [-0.2, 0) is 11.2 Å². The Balaban J connectivity index is 1.47. The second kappa shape index (κ2) is 7.17. The van der Waals surface area contributed by atoms with Gasteiger partial charge in [-0.3, -0.25) is 9.78 Å². The van der Waals surface area contributed by atoms with Crippen molar-refractivity contribution in [3.8, 4) is 11.3 Å². The molecule has 0 radical (unpaired) electrons. The predicted octanol–water partition coefficient (Wildman–Crippen LogP) is 3.18. The van der Waals surface area contributed by atoms with Gasteiger partial charge in [0.05, 0.1) is 30.0 Å². The number of rotatable bonds is 4. The largest absolute Gasteiger partial charge is 0.311 e. The number of hydrogen-bond acceptors (Lipinski definition) is 5. The zero-order valence-electron chi connectivity index (χ0n) is 13.9. The van der Waals surface area contributed by atoms with Crippen LogP contribution in [0.1, 0.15) is 12.0 Å². The van der Waals surface area contributed by atoms with E-state index in [1.54, 1.807) is 35.8 Å². The zero-order chi connectivity index (χ0) is 17.9. The first kappa shape index (κ1) is 16.6. The van der Waals surface area contributed by atoms with Crippen LogP contribution in [0.15, 0.2) is 55.1 Å². The van der Waals surface area contributed by atoms with E-state index in [9.17, 15) is 4.79 Å². The molecule has 1 aliphatic rings. The van der Waals surface area contributed by atoms with Crippen LogP contribution in [-0.4, -0.2) is 32.6 Å². The minimum absolute atomic E-state index is 0.0398. The SMILES string of the molecule is O=C1C(Cc2ccc(Cl)nc2)CCN1c1ccc(-c2ccnnc2)nc1. The van der Waals surface area contributed by atoms with Gasteiger partial charge in [-0.2, -0.15) is 10.2 Å². The molecule has 0 saturated carbocycles. The Hall–Kier alpha value is -2.86. The highest BCUT2D eigenvalue weighted by atomic mass is 35.5. The van der Waals surface area contributed by atoms with Crippen molar-refractivity contribution < 1.29 is 4.79 Å². The average molecular weight is 366 g/mol. The number of pyridine rings is 2. The Kier molecular flexibility index (Phi) is 4.58. The molecule has 1 saturated heterocycles. The maximum absolute atomic E-state index is 12.8. The third kappa shape index (κ3) is 3.41. The van der Waals surface area contributed by atoms with Crippen LogP contribution in [0.4, 0.5) is 5.69 Å². The molecule has 1 atom stereocenters. The molecule has 7 heteroatoms. The first-order valence-electron chi connectivity index (χ1n) is 8.35. The summed E-state index contributed by atoms with van der Waals surface area (Å²) in [4.78, 5) is 23.1. The lowest BCUT2D eigenvalue weighted by atomic mass is 9.99. The van der Waals surface area contributed by atoms with Gasteiger partial charge in [0.25, 0.3) is 0 Å². The van der Waals surface area contributed by atoms with E-state index < -0.39 is 0 Å². The fourth-order valence-corrected chi connectivity index (χ4v) is 3.27. The predicted molar refractivity (Wildman–Crippen MR) is 98.7 cm³/mol. The van der Waals surface area contributed by atoms with Crippen molar-refractivity contribution in [2.75, 3.05) is 11.4 Å². The summed E-state index contributed by atoms with van der Waals surface area (Å²) in [7, 11) is 0. The van der Waals surface area contributed by atoms with E-state index in [-0.39, 0.29) is 11.8 Å². The minimum Gasteiger partial charge on any atom is -0.311 e. The normalized spacial score (nSPS) is 16.9. The number of hydrogen-bond donors (Lipinski definition) is 0. The molecular formula is C19H16ClN5O. The van der Waals surface area contributed by atoms with E-state index in [1.165, 1.54) is 0 Å². The van der Waals surface area contributed by atoms with Crippen LogP contribution in [0, 0.1) is 5.92 Å². The van der Waals surface area contributed by atoms with Crippen molar-refractivity contribution in [3.63, 3.8) is 0 Å². The van der Waals surface area contributed by atoms with Gasteiger partial charge < -0.3 is 4.90 Å². The van der Waals surface area contributed by atoms with Crippen molar-refractivity contribution in [2.24, 2.45) is 5.92 Å². The van der Waals surface area contributed by atoms with Crippen LogP contribution in [0.25, 0.3) is 11.3 Å². The van der Waals surface area contributed by atoms with E-state index in [4.69, 9.17) is 11.6 Å². The fraction of sp³-hybridized carbons (Fsp3) is 0.211. The van der Waals surface area contributed by atoms with Gasteiger partial charge in [0.15, 0.2) is 0 Å². The molecule has 3 aromatic rings. The van der Waals surface area contributed by atoms with Gasteiger partial charge in [0, 0.05) is 24.2 Å². The third-order valence-corrected chi connectivity index (χ3v) is 4.75. The smallest absolute Gasteiger partial charge is 0.230 e. The van der Waals surface area contributed by atoms with Gasteiger partial charge in [-0.15, -0.1) is 0 Å². The van der Waals surface area contributed by atoms with Gasteiger partial charge in [-0.1, -0.05) is 17.7 Å². The van der Waals surface area contributed by atoms with Crippen molar-refractivity contribution in [1.82, 2.24) is 20.2 Å². The molecule has 3 aromatic heterocycles. The lowest BCUT2D eigenvalue weighted by molar-refractivity contribution is -0.120. The average Bonchev–Trinajstić information content (AvgIpc) is 3.05. The Labute approximate surface area is 155 Å². The van der Waals surface area contributed by atoms with Gasteiger partial charge in [0.2, 0.25) is 5.91 Å². The Morgan fingerprint density at radius 2 is 1.96 bits per heavy atom. The number of anilines is 1. The number of halogens is 1. The maximum atomic E-state index is 12.8. The lowest BCUT2D eigenvalue weighted by Gasteiger charge is -2.17. The summed E-state index contributed by atoms with van der Waals surface area (Å²) in [6, 6.07) is 9.35. The molecule has 1 unspecified atom stereocenters. The molecule has 4 heterocycles. The Morgan fingerprint density at radius 1 is 1.04 bits per heavy atom. The molecule has 0 aromatic carbocycles. The van der Waals surface area contributed by atoms with Crippen molar-refractivity contribution >= 4 is 23.2 Å². The van der Waals surface area contributed by atoms with Crippen LogP contribution in [0.3, 0.4) is 0 Å². The van der Waals surface area contributed by atoms with Crippen molar-refractivity contribution in [2.45, 2.75) is 12.8 Å². The number of amides is 1. The second-order valence-corrected chi connectivity index (χ2v) is 6.59. The maximum Gasteiger partial charge on any atom is 0.230 e. The summed E-state index contributed by atoms with van der Waals surface area (Å²) in [5.41, 5.74) is 3.54. The molecule has 130 valence electrons. The van der Waals surface area contributed by atoms with E-state index in [2.05, 4.69) is 20.2 Å².